The van der Waals surface area contributed by atoms with E-state index in [0.717, 1.165) is 11.3 Å². The molecule has 0 unspecified atom stereocenters. The maximum atomic E-state index is 12.9. The smallest absolute Gasteiger partial charge is 0.196 e. The van der Waals surface area contributed by atoms with Crippen molar-refractivity contribution in [2.75, 3.05) is 14.1 Å². The van der Waals surface area contributed by atoms with Gasteiger partial charge in [-0.25, -0.2) is 4.98 Å². The molecular formula is C18H15N3O2. The predicted octanol–water partition coefficient (Wildman–Crippen LogP) is 2.40. The fraction of sp³-hybridized carbons (Fsp3) is 0.167. The molecule has 0 bridgehead atoms. The van der Waals surface area contributed by atoms with Crippen LogP contribution in [0.4, 0.5) is 0 Å². The minimum Gasteiger partial charge on any atom is -0.341 e. The van der Waals surface area contributed by atoms with Crippen LogP contribution in [0.15, 0.2) is 36.4 Å². The first-order valence-electron chi connectivity index (χ1n) is 7.41. The lowest BCUT2D eigenvalue weighted by Crippen LogP contribution is -2.21. The van der Waals surface area contributed by atoms with Crippen LogP contribution in [0.3, 0.4) is 0 Å². The summed E-state index contributed by atoms with van der Waals surface area (Å²) in [6, 6.07) is 10.5. The average molecular weight is 305 g/mol. The zero-order chi connectivity index (χ0) is 16.1. The molecule has 1 heterocycles. The summed E-state index contributed by atoms with van der Waals surface area (Å²) in [5.74, 6) is 0.524. The molecule has 2 aromatic carbocycles. The van der Waals surface area contributed by atoms with Crippen molar-refractivity contribution in [3.05, 3.63) is 64.5 Å². The number of rotatable bonds is 2. The molecule has 0 radical (unpaired) electrons. The molecule has 0 atom stereocenters. The van der Waals surface area contributed by atoms with Crippen molar-refractivity contribution in [1.29, 1.82) is 0 Å². The first-order chi connectivity index (χ1) is 11.1. The van der Waals surface area contributed by atoms with E-state index < -0.39 is 0 Å². The highest BCUT2D eigenvalue weighted by atomic mass is 16.1. The van der Waals surface area contributed by atoms with Gasteiger partial charge in [0.05, 0.1) is 17.6 Å². The van der Waals surface area contributed by atoms with Crippen molar-refractivity contribution >= 4 is 22.6 Å². The highest BCUT2D eigenvalue weighted by Crippen LogP contribution is 2.31. The van der Waals surface area contributed by atoms with Gasteiger partial charge in [0.2, 0.25) is 0 Å². The van der Waals surface area contributed by atoms with Crippen molar-refractivity contribution in [1.82, 2.24) is 14.9 Å². The summed E-state index contributed by atoms with van der Waals surface area (Å²) in [5, 5.41) is 0. The van der Waals surface area contributed by atoms with Gasteiger partial charge in [0.1, 0.15) is 11.3 Å². The number of ketones is 2. The van der Waals surface area contributed by atoms with Crippen LogP contribution in [0.25, 0.3) is 11.0 Å². The number of hydrogen-bond donors (Lipinski definition) is 1. The maximum Gasteiger partial charge on any atom is 0.196 e. The molecule has 0 spiro atoms. The van der Waals surface area contributed by atoms with Gasteiger partial charge in [-0.15, -0.1) is 0 Å². The van der Waals surface area contributed by atoms with Crippen LogP contribution in [-0.2, 0) is 6.54 Å². The van der Waals surface area contributed by atoms with Crippen LogP contribution >= 0.6 is 0 Å². The van der Waals surface area contributed by atoms with Gasteiger partial charge in [-0.1, -0.05) is 24.3 Å². The summed E-state index contributed by atoms with van der Waals surface area (Å²) in [4.78, 5) is 35.3. The van der Waals surface area contributed by atoms with E-state index in [1.165, 1.54) is 0 Å². The van der Waals surface area contributed by atoms with Gasteiger partial charge in [-0.2, -0.15) is 0 Å². The van der Waals surface area contributed by atoms with E-state index in [-0.39, 0.29) is 11.6 Å². The number of fused-ring (bicyclic) bond motifs is 4. The van der Waals surface area contributed by atoms with Crippen LogP contribution in [0.1, 0.15) is 37.7 Å². The number of benzene rings is 2. The van der Waals surface area contributed by atoms with Gasteiger partial charge in [0.25, 0.3) is 0 Å². The fourth-order valence-electron chi connectivity index (χ4n) is 3.08. The summed E-state index contributed by atoms with van der Waals surface area (Å²) in [7, 11) is 3.90. The molecule has 114 valence electrons. The van der Waals surface area contributed by atoms with Crippen molar-refractivity contribution in [3.8, 4) is 0 Å². The van der Waals surface area contributed by atoms with E-state index in [0.29, 0.717) is 34.3 Å². The Morgan fingerprint density at radius 3 is 2.35 bits per heavy atom. The largest absolute Gasteiger partial charge is 0.341 e. The van der Waals surface area contributed by atoms with Gasteiger partial charge in [0.15, 0.2) is 11.6 Å². The summed E-state index contributed by atoms with van der Waals surface area (Å²) >= 11 is 0. The molecule has 0 fully saturated rings. The van der Waals surface area contributed by atoms with Gasteiger partial charge in [0, 0.05) is 16.7 Å². The molecule has 1 N–H and O–H groups in total. The zero-order valence-electron chi connectivity index (χ0n) is 12.9. The Labute approximate surface area is 133 Å². The van der Waals surface area contributed by atoms with E-state index >= 15 is 0 Å². The van der Waals surface area contributed by atoms with E-state index in [1.54, 1.807) is 30.3 Å². The second-order valence-corrected chi connectivity index (χ2v) is 6.01. The molecule has 0 aliphatic heterocycles. The number of carbonyl (C=O) groups excluding carboxylic acids is 2. The van der Waals surface area contributed by atoms with E-state index in [9.17, 15) is 9.59 Å². The number of aromatic nitrogens is 2. The van der Waals surface area contributed by atoms with Crippen molar-refractivity contribution in [2.45, 2.75) is 6.54 Å². The standard InChI is InChI=1S/C18H15N3O2/c1-21(2)9-14-19-13-8-7-12-15(16(13)20-14)18(23)11-6-4-3-5-10(11)17(12)22/h3-8H,9H2,1-2H3,(H,19,20). The molecule has 0 saturated carbocycles. The van der Waals surface area contributed by atoms with E-state index in [2.05, 4.69) is 9.97 Å². The Morgan fingerprint density at radius 1 is 0.957 bits per heavy atom. The molecule has 5 heteroatoms. The van der Waals surface area contributed by atoms with Crippen LogP contribution < -0.4 is 0 Å². The Balaban J connectivity index is 1.97. The molecule has 0 saturated heterocycles. The normalized spacial score (nSPS) is 13.5. The quantitative estimate of drug-likeness (QED) is 0.617. The molecule has 1 aliphatic rings. The lowest BCUT2D eigenvalue weighted by molar-refractivity contribution is 0.0980. The molecule has 0 amide bonds. The van der Waals surface area contributed by atoms with Crippen molar-refractivity contribution in [3.63, 3.8) is 0 Å². The summed E-state index contributed by atoms with van der Waals surface area (Å²) in [6.07, 6.45) is 0. The fourth-order valence-corrected chi connectivity index (χ4v) is 3.08. The van der Waals surface area contributed by atoms with Gasteiger partial charge in [-0.3, -0.25) is 9.59 Å². The van der Waals surface area contributed by atoms with E-state index in [1.807, 2.05) is 25.1 Å². The topological polar surface area (TPSA) is 66.1 Å². The first-order valence-corrected chi connectivity index (χ1v) is 7.41. The summed E-state index contributed by atoms with van der Waals surface area (Å²) < 4.78 is 0. The predicted molar refractivity (Wildman–Crippen MR) is 86.8 cm³/mol. The molecule has 23 heavy (non-hydrogen) atoms. The Hall–Kier alpha value is -2.79. The lowest BCUT2D eigenvalue weighted by atomic mass is 9.83. The van der Waals surface area contributed by atoms with Crippen LogP contribution in [0.5, 0.6) is 0 Å². The molecule has 1 aromatic heterocycles. The number of hydrogen-bond acceptors (Lipinski definition) is 4. The summed E-state index contributed by atoms with van der Waals surface area (Å²) in [5.41, 5.74) is 3.12. The molecule has 4 rings (SSSR count). The van der Waals surface area contributed by atoms with Crippen LogP contribution in [0.2, 0.25) is 0 Å². The second-order valence-electron chi connectivity index (χ2n) is 6.01. The minimum atomic E-state index is -0.135. The Morgan fingerprint density at radius 2 is 1.65 bits per heavy atom. The van der Waals surface area contributed by atoms with Crippen LogP contribution in [0, 0.1) is 0 Å². The second kappa shape index (κ2) is 4.86. The number of nitrogens with zero attached hydrogens (tertiary/aromatic N) is 2. The highest BCUT2D eigenvalue weighted by Gasteiger charge is 2.31. The van der Waals surface area contributed by atoms with Gasteiger partial charge < -0.3 is 9.88 Å². The Bertz CT molecular complexity index is 970. The first kappa shape index (κ1) is 13.8. The third-order valence-corrected chi connectivity index (χ3v) is 4.06. The number of H-pyrrole nitrogens is 1. The van der Waals surface area contributed by atoms with Gasteiger partial charge in [-0.05, 0) is 26.2 Å². The SMILES string of the molecule is CN(C)Cc1nc2c3c(ccc2[nH]1)C(=O)c1ccccc1C3=O. The number of aromatic amines is 1. The van der Waals surface area contributed by atoms with Crippen molar-refractivity contribution < 1.29 is 9.59 Å². The number of nitrogens with one attached hydrogen (secondary N) is 1. The van der Waals surface area contributed by atoms with Crippen LogP contribution in [-0.4, -0.2) is 40.5 Å². The molecule has 5 nitrogen and oxygen atoms in total. The third-order valence-electron chi connectivity index (χ3n) is 4.06. The van der Waals surface area contributed by atoms with Crippen molar-refractivity contribution in [2.24, 2.45) is 0 Å². The number of imidazole rings is 1. The molecular weight excluding hydrogens is 290 g/mol. The minimum absolute atomic E-state index is 0.116. The number of carbonyl (C=O) groups is 2. The maximum absolute atomic E-state index is 12.9. The molecule has 1 aliphatic carbocycles. The Kier molecular flexibility index (Phi) is 2.92. The van der Waals surface area contributed by atoms with E-state index in [4.69, 9.17) is 0 Å². The zero-order valence-corrected chi connectivity index (χ0v) is 12.9. The third kappa shape index (κ3) is 2.01. The van der Waals surface area contributed by atoms with Gasteiger partial charge >= 0.3 is 0 Å². The summed E-state index contributed by atoms with van der Waals surface area (Å²) in [6.45, 7) is 0.641. The monoisotopic (exact) mass is 305 g/mol. The average Bonchev–Trinajstić information content (AvgIpc) is 2.93. The lowest BCUT2D eigenvalue weighted by Gasteiger charge is -2.17. The highest BCUT2D eigenvalue weighted by molar-refractivity contribution is 6.31. The molecule has 3 aromatic rings.